The zero-order valence-corrected chi connectivity index (χ0v) is 14.2. The molecule has 26 heavy (non-hydrogen) atoms. The highest BCUT2D eigenvalue weighted by Gasteiger charge is 2.34. The van der Waals surface area contributed by atoms with Crippen LogP contribution in [0.25, 0.3) is 5.70 Å². The molecular formula is C19H17FN2O4. The molecule has 0 aromatic heterocycles. The Balaban J connectivity index is 2.17. The van der Waals surface area contributed by atoms with Crippen molar-refractivity contribution in [3.63, 3.8) is 0 Å². The smallest absolute Gasteiger partial charge is 0.338 e. The molecule has 2 N–H and O–H groups in total. The van der Waals surface area contributed by atoms with E-state index in [9.17, 15) is 14.0 Å². The molecule has 0 saturated heterocycles. The Labute approximate surface area is 149 Å². The number of methoxy groups -OCH3 is 2. The van der Waals surface area contributed by atoms with Gasteiger partial charge in [0.1, 0.15) is 11.6 Å². The molecule has 3 rings (SSSR count). The van der Waals surface area contributed by atoms with Crippen LogP contribution in [-0.4, -0.2) is 26.2 Å². The van der Waals surface area contributed by atoms with Crippen LogP contribution < -0.4 is 15.4 Å². The van der Waals surface area contributed by atoms with Gasteiger partial charge in [0.2, 0.25) is 0 Å². The number of ether oxygens (including phenoxy) is 2. The van der Waals surface area contributed by atoms with Gasteiger partial charge in [-0.3, -0.25) is 0 Å². The summed E-state index contributed by atoms with van der Waals surface area (Å²) < 4.78 is 23.7. The van der Waals surface area contributed by atoms with Crippen molar-refractivity contribution in [1.29, 1.82) is 0 Å². The van der Waals surface area contributed by atoms with Gasteiger partial charge >= 0.3 is 12.0 Å². The molecule has 1 unspecified atom stereocenters. The van der Waals surface area contributed by atoms with Crippen molar-refractivity contribution >= 4 is 17.7 Å². The molecule has 1 atom stereocenters. The topological polar surface area (TPSA) is 76.7 Å². The van der Waals surface area contributed by atoms with Gasteiger partial charge in [0.15, 0.2) is 0 Å². The summed E-state index contributed by atoms with van der Waals surface area (Å²) in [7, 11) is 2.79. The quantitative estimate of drug-likeness (QED) is 0.826. The lowest BCUT2D eigenvalue weighted by Gasteiger charge is -2.29. The van der Waals surface area contributed by atoms with E-state index in [1.165, 1.54) is 25.3 Å². The molecular weight excluding hydrogens is 339 g/mol. The van der Waals surface area contributed by atoms with Gasteiger partial charge < -0.3 is 20.1 Å². The van der Waals surface area contributed by atoms with Crippen LogP contribution in [0.4, 0.5) is 9.18 Å². The number of esters is 1. The molecule has 0 bridgehead atoms. The first kappa shape index (κ1) is 17.5. The summed E-state index contributed by atoms with van der Waals surface area (Å²) in [6, 6.07) is 11.2. The van der Waals surface area contributed by atoms with E-state index in [2.05, 4.69) is 10.6 Å². The maximum absolute atomic E-state index is 13.7. The first-order valence-electron chi connectivity index (χ1n) is 7.83. The molecule has 2 amide bonds. The minimum absolute atomic E-state index is 0.183. The van der Waals surface area contributed by atoms with E-state index in [1.54, 1.807) is 37.4 Å². The third-order valence-electron chi connectivity index (χ3n) is 4.04. The Bertz CT molecular complexity index is 877. The van der Waals surface area contributed by atoms with Crippen LogP contribution in [0.2, 0.25) is 0 Å². The molecule has 0 spiro atoms. The largest absolute Gasteiger partial charge is 0.497 e. The second-order valence-electron chi connectivity index (χ2n) is 5.60. The maximum Gasteiger partial charge on any atom is 0.338 e. The van der Waals surface area contributed by atoms with Gasteiger partial charge in [0.05, 0.1) is 31.5 Å². The SMILES string of the molecule is COC(=O)C1=C(c2ccc(OC)cc2)NC(=O)NC1c1cccc(F)c1. The summed E-state index contributed by atoms with van der Waals surface area (Å²) in [5, 5.41) is 5.29. The van der Waals surface area contributed by atoms with Crippen molar-refractivity contribution in [1.82, 2.24) is 10.6 Å². The monoisotopic (exact) mass is 356 g/mol. The van der Waals surface area contributed by atoms with E-state index in [0.717, 1.165) is 0 Å². The Morgan fingerprint density at radius 2 is 1.85 bits per heavy atom. The lowest BCUT2D eigenvalue weighted by molar-refractivity contribution is -0.136. The normalized spacial score (nSPS) is 16.6. The Kier molecular flexibility index (Phi) is 4.88. The predicted octanol–water partition coefficient (Wildman–Crippen LogP) is 2.77. The number of benzene rings is 2. The minimum atomic E-state index is -0.844. The van der Waals surface area contributed by atoms with Crippen molar-refractivity contribution < 1.29 is 23.5 Å². The van der Waals surface area contributed by atoms with E-state index in [0.29, 0.717) is 22.6 Å². The van der Waals surface area contributed by atoms with Gasteiger partial charge in [-0.2, -0.15) is 0 Å². The fourth-order valence-corrected chi connectivity index (χ4v) is 2.82. The molecule has 6 nitrogen and oxygen atoms in total. The highest BCUT2D eigenvalue weighted by atomic mass is 19.1. The molecule has 0 saturated carbocycles. The van der Waals surface area contributed by atoms with Gasteiger partial charge in [-0.25, -0.2) is 14.0 Å². The van der Waals surface area contributed by atoms with Crippen LogP contribution in [0.3, 0.4) is 0 Å². The number of amides is 2. The fourth-order valence-electron chi connectivity index (χ4n) is 2.82. The third kappa shape index (κ3) is 3.37. The summed E-state index contributed by atoms with van der Waals surface area (Å²) in [6.45, 7) is 0. The van der Waals surface area contributed by atoms with Crippen molar-refractivity contribution in [2.24, 2.45) is 0 Å². The zero-order valence-electron chi connectivity index (χ0n) is 14.2. The predicted molar refractivity (Wildman–Crippen MR) is 92.7 cm³/mol. The van der Waals surface area contributed by atoms with Crippen molar-refractivity contribution in [3.8, 4) is 5.75 Å². The lowest BCUT2D eigenvalue weighted by Crippen LogP contribution is -2.45. The van der Waals surface area contributed by atoms with E-state index in [-0.39, 0.29) is 5.57 Å². The van der Waals surface area contributed by atoms with Crippen LogP contribution >= 0.6 is 0 Å². The van der Waals surface area contributed by atoms with E-state index in [4.69, 9.17) is 9.47 Å². The number of carbonyl (C=O) groups excluding carboxylic acids is 2. The van der Waals surface area contributed by atoms with E-state index in [1.807, 2.05) is 0 Å². The lowest BCUT2D eigenvalue weighted by atomic mass is 9.92. The average Bonchev–Trinajstić information content (AvgIpc) is 2.66. The third-order valence-corrected chi connectivity index (χ3v) is 4.04. The van der Waals surface area contributed by atoms with Gasteiger partial charge in [0, 0.05) is 0 Å². The molecule has 1 aliphatic rings. The molecule has 1 heterocycles. The Morgan fingerprint density at radius 3 is 2.46 bits per heavy atom. The van der Waals surface area contributed by atoms with E-state index >= 15 is 0 Å². The minimum Gasteiger partial charge on any atom is -0.497 e. The molecule has 0 fully saturated rings. The first-order valence-corrected chi connectivity index (χ1v) is 7.83. The zero-order chi connectivity index (χ0) is 18.7. The van der Waals surface area contributed by atoms with Crippen molar-refractivity contribution in [2.45, 2.75) is 6.04 Å². The summed E-state index contributed by atoms with van der Waals surface area (Å²) in [5.74, 6) is -0.459. The van der Waals surface area contributed by atoms with Crippen LogP contribution in [0.5, 0.6) is 5.75 Å². The van der Waals surface area contributed by atoms with Crippen molar-refractivity contribution in [2.75, 3.05) is 14.2 Å². The highest BCUT2D eigenvalue weighted by molar-refractivity contribution is 6.04. The summed E-state index contributed by atoms with van der Waals surface area (Å²) >= 11 is 0. The summed E-state index contributed by atoms with van der Waals surface area (Å²) in [4.78, 5) is 24.6. The van der Waals surface area contributed by atoms with Crippen LogP contribution in [0.15, 0.2) is 54.1 Å². The van der Waals surface area contributed by atoms with Gasteiger partial charge in [0.25, 0.3) is 0 Å². The second kappa shape index (κ2) is 7.26. The number of halogens is 1. The Morgan fingerprint density at radius 1 is 1.12 bits per heavy atom. The maximum atomic E-state index is 13.7. The second-order valence-corrected chi connectivity index (χ2v) is 5.60. The van der Waals surface area contributed by atoms with Gasteiger partial charge in [-0.1, -0.05) is 12.1 Å². The fraction of sp³-hybridized carbons (Fsp3) is 0.158. The molecule has 1 aliphatic heterocycles. The molecule has 0 radical (unpaired) electrons. The molecule has 0 aliphatic carbocycles. The van der Waals surface area contributed by atoms with Crippen LogP contribution in [0.1, 0.15) is 17.2 Å². The van der Waals surface area contributed by atoms with Gasteiger partial charge in [-0.15, -0.1) is 0 Å². The molecule has 2 aromatic carbocycles. The number of carbonyl (C=O) groups is 2. The number of hydrogen-bond donors (Lipinski definition) is 2. The number of nitrogens with one attached hydrogen (secondary N) is 2. The van der Waals surface area contributed by atoms with Gasteiger partial charge in [-0.05, 0) is 47.5 Å². The first-order chi connectivity index (χ1) is 12.5. The molecule has 134 valence electrons. The number of urea groups is 1. The molecule has 2 aromatic rings. The number of hydrogen-bond acceptors (Lipinski definition) is 4. The Hall–Kier alpha value is -3.35. The standard InChI is InChI=1S/C19H17FN2O4/c1-25-14-8-6-11(7-9-14)16-15(18(23)26-2)17(22-19(24)21-16)12-4-3-5-13(20)10-12/h3-10,17H,1-2H3,(H2,21,22,24). The van der Waals surface area contributed by atoms with Crippen LogP contribution in [0, 0.1) is 5.82 Å². The van der Waals surface area contributed by atoms with Crippen molar-refractivity contribution in [3.05, 3.63) is 71.0 Å². The summed E-state index contributed by atoms with van der Waals surface area (Å²) in [6.07, 6.45) is 0. The van der Waals surface area contributed by atoms with Crippen LogP contribution in [-0.2, 0) is 9.53 Å². The highest BCUT2D eigenvalue weighted by Crippen LogP contribution is 2.32. The average molecular weight is 356 g/mol. The van der Waals surface area contributed by atoms with E-state index < -0.39 is 23.9 Å². The number of rotatable bonds is 4. The summed E-state index contributed by atoms with van der Waals surface area (Å²) in [5.41, 5.74) is 1.52. The molecule has 7 heteroatoms.